The molecule has 0 amide bonds. The Labute approximate surface area is 114 Å². The second-order valence-electron chi connectivity index (χ2n) is 3.68. The van der Waals surface area contributed by atoms with Crippen LogP contribution < -0.4 is 0 Å². The van der Waals surface area contributed by atoms with Crippen LogP contribution in [-0.2, 0) is 4.74 Å². The zero-order valence-corrected chi connectivity index (χ0v) is 11.0. The van der Waals surface area contributed by atoms with E-state index in [1.54, 1.807) is 0 Å². The predicted octanol–water partition coefficient (Wildman–Crippen LogP) is 1.87. The van der Waals surface area contributed by atoms with Crippen LogP contribution >= 0.6 is 0 Å². The number of hydrogen-bond donors (Lipinski definition) is 1. The molecule has 1 N–H and O–H groups in total. The second kappa shape index (κ2) is 12.4. The van der Waals surface area contributed by atoms with E-state index in [1.165, 1.54) is 0 Å². The van der Waals surface area contributed by atoms with Gasteiger partial charge in [0.05, 0.1) is 18.8 Å². The molecule has 0 heterocycles. The topological polar surface area (TPSA) is 78.2 Å². The average Bonchev–Trinajstić information content (AvgIpc) is 2.42. The maximum absolute atomic E-state index is 9.58. The Bertz CT molecular complexity index is 453. The van der Waals surface area contributed by atoms with Crippen LogP contribution in [-0.4, -0.2) is 30.5 Å². The summed E-state index contributed by atoms with van der Waals surface area (Å²) in [6, 6.07) is -0.152. The minimum absolute atomic E-state index is 0.152. The Morgan fingerprint density at radius 1 is 1.42 bits per heavy atom. The van der Waals surface area contributed by atoms with Gasteiger partial charge in [-0.2, -0.15) is 0 Å². The SMILES string of the molecule is C#CC#CC#CC[C@@H](O)CCOC[C@H](CC)N=[N+]=[N-]. The van der Waals surface area contributed by atoms with E-state index in [-0.39, 0.29) is 6.04 Å². The predicted molar refractivity (Wildman–Crippen MR) is 73.7 cm³/mol. The van der Waals surface area contributed by atoms with Gasteiger partial charge in [-0.1, -0.05) is 18.0 Å². The molecule has 0 spiro atoms. The minimum Gasteiger partial charge on any atom is -0.392 e. The van der Waals surface area contributed by atoms with E-state index in [2.05, 4.69) is 39.6 Å². The lowest BCUT2D eigenvalue weighted by Gasteiger charge is -2.10. The van der Waals surface area contributed by atoms with Crippen molar-refractivity contribution in [1.29, 1.82) is 0 Å². The van der Waals surface area contributed by atoms with Crippen molar-refractivity contribution in [3.8, 4) is 36.0 Å². The first-order valence-corrected chi connectivity index (χ1v) is 5.98. The van der Waals surface area contributed by atoms with Gasteiger partial charge in [-0.3, -0.25) is 0 Å². The molecule has 5 nitrogen and oxygen atoms in total. The molecule has 0 aromatic heterocycles. The highest BCUT2D eigenvalue weighted by atomic mass is 16.5. The van der Waals surface area contributed by atoms with Gasteiger partial charge in [0, 0.05) is 17.9 Å². The van der Waals surface area contributed by atoms with Crippen LogP contribution in [0, 0.1) is 36.0 Å². The summed E-state index contributed by atoms with van der Waals surface area (Å²) in [4.78, 5) is 2.74. The molecule has 0 aliphatic rings. The maximum atomic E-state index is 9.58. The molecule has 0 bridgehead atoms. The molecule has 2 atom stereocenters. The number of nitrogens with zero attached hydrogens (tertiary/aromatic N) is 3. The van der Waals surface area contributed by atoms with Crippen molar-refractivity contribution in [3.05, 3.63) is 10.4 Å². The fourth-order valence-corrected chi connectivity index (χ4v) is 1.13. The van der Waals surface area contributed by atoms with E-state index in [9.17, 15) is 5.11 Å². The quantitative estimate of drug-likeness (QED) is 0.237. The number of rotatable bonds is 8. The number of hydrogen-bond acceptors (Lipinski definition) is 3. The zero-order chi connectivity index (χ0) is 14.3. The first kappa shape index (κ1) is 16.9. The number of ether oxygens (including phenoxy) is 1. The van der Waals surface area contributed by atoms with Gasteiger partial charge in [0.1, 0.15) is 0 Å². The lowest BCUT2D eigenvalue weighted by atomic mass is 10.2. The Kier molecular flexibility index (Phi) is 11.0. The molecule has 0 aliphatic heterocycles. The largest absolute Gasteiger partial charge is 0.392 e. The third-order valence-corrected chi connectivity index (χ3v) is 2.22. The van der Waals surface area contributed by atoms with Gasteiger partial charge in [0.25, 0.3) is 0 Å². The number of aliphatic hydroxyl groups excluding tert-OH is 1. The van der Waals surface area contributed by atoms with Crippen molar-refractivity contribution < 1.29 is 9.84 Å². The van der Waals surface area contributed by atoms with Crippen molar-refractivity contribution in [2.75, 3.05) is 13.2 Å². The normalized spacial score (nSPS) is 11.6. The number of aliphatic hydroxyl groups is 1. The second-order valence-corrected chi connectivity index (χ2v) is 3.68. The molecule has 100 valence electrons. The van der Waals surface area contributed by atoms with Crippen molar-refractivity contribution in [1.82, 2.24) is 0 Å². The molecule has 0 radical (unpaired) electrons. The molecule has 0 saturated heterocycles. The van der Waals surface area contributed by atoms with Gasteiger partial charge < -0.3 is 9.84 Å². The van der Waals surface area contributed by atoms with Crippen LogP contribution in [0.5, 0.6) is 0 Å². The van der Waals surface area contributed by atoms with E-state index < -0.39 is 6.10 Å². The van der Waals surface area contributed by atoms with E-state index in [0.29, 0.717) is 26.1 Å². The van der Waals surface area contributed by atoms with Crippen LogP contribution in [0.1, 0.15) is 26.2 Å². The first-order valence-electron chi connectivity index (χ1n) is 5.98. The summed E-state index contributed by atoms with van der Waals surface area (Å²) in [5, 5.41) is 13.2. The summed E-state index contributed by atoms with van der Waals surface area (Å²) in [5.74, 6) is 12.2. The molecule has 0 aromatic carbocycles. The minimum atomic E-state index is -0.556. The molecule has 0 fully saturated rings. The van der Waals surface area contributed by atoms with Crippen molar-refractivity contribution in [2.45, 2.75) is 38.3 Å². The van der Waals surface area contributed by atoms with Crippen LogP contribution in [0.4, 0.5) is 0 Å². The Balaban J connectivity index is 3.73. The smallest absolute Gasteiger partial charge is 0.0671 e. The van der Waals surface area contributed by atoms with Crippen LogP contribution in [0.15, 0.2) is 5.11 Å². The highest BCUT2D eigenvalue weighted by Gasteiger charge is 2.05. The van der Waals surface area contributed by atoms with Crippen molar-refractivity contribution in [3.63, 3.8) is 0 Å². The van der Waals surface area contributed by atoms with Crippen LogP contribution in [0.25, 0.3) is 10.4 Å². The summed E-state index contributed by atoms with van der Waals surface area (Å²) in [7, 11) is 0. The van der Waals surface area contributed by atoms with E-state index in [0.717, 1.165) is 6.42 Å². The lowest BCUT2D eigenvalue weighted by Crippen LogP contribution is -2.15. The lowest BCUT2D eigenvalue weighted by molar-refractivity contribution is 0.0765. The third kappa shape index (κ3) is 10.8. The molecule has 0 aromatic rings. The van der Waals surface area contributed by atoms with Gasteiger partial charge in [-0.15, -0.1) is 6.42 Å². The van der Waals surface area contributed by atoms with Gasteiger partial charge in [-0.05, 0) is 42.1 Å². The molecule has 0 aliphatic carbocycles. The Morgan fingerprint density at radius 3 is 2.84 bits per heavy atom. The summed E-state index contributed by atoms with van der Waals surface area (Å²) < 4.78 is 5.33. The van der Waals surface area contributed by atoms with Crippen molar-refractivity contribution >= 4 is 0 Å². The van der Waals surface area contributed by atoms with Crippen molar-refractivity contribution in [2.24, 2.45) is 5.11 Å². The highest BCUT2D eigenvalue weighted by molar-refractivity contribution is 5.33. The van der Waals surface area contributed by atoms with E-state index in [4.69, 9.17) is 16.7 Å². The summed E-state index contributed by atoms with van der Waals surface area (Å²) in [5.41, 5.74) is 8.30. The van der Waals surface area contributed by atoms with Gasteiger partial charge in [-0.25, -0.2) is 0 Å². The molecule has 19 heavy (non-hydrogen) atoms. The monoisotopic (exact) mass is 259 g/mol. The van der Waals surface area contributed by atoms with E-state index in [1.807, 2.05) is 6.92 Å². The molecule has 0 rings (SSSR count). The highest BCUT2D eigenvalue weighted by Crippen LogP contribution is 2.01. The summed E-state index contributed by atoms with van der Waals surface area (Å²) in [6.07, 6.45) is 5.90. The fraction of sp³-hybridized carbons (Fsp3) is 0.571. The van der Waals surface area contributed by atoms with Gasteiger partial charge in [0.2, 0.25) is 0 Å². The average molecular weight is 259 g/mol. The first-order chi connectivity index (χ1) is 9.24. The molecular weight excluding hydrogens is 242 g/mol. The van der Waals surface area contributed by atoms with Crippen LogP contribution in [0.3, 0.4) is 0 Å². The van der Waals surface area contributed by atoms with Crippen LogP contribution in [0.2, 0.25) is 0 Å². The standard InChI is InChI=1S/C14H17N3O2/c1-3-5-6-7-8-9-14(18)10-11-19-12-13(4-2)16-17-15/h1,13-14,18H,4,9-12H2,2H3/t13-,14+/m0/s1. The zero-order valence-electron chi connectivity index (χ0n) is 11.0. The fourth-order valence-electron chi connectivity index (χ4n) is 1.13. The summed E-state index contributed by atoms with van der Waals surface area (Å²) >= 11 is 0. The van der Waals surface area contributed by atoms with E-state index >= 15 is 0 Å². The Morgan fingerprint density at radius 2 is 2.21 bits per heavy atom. The molecule has 5 heteroatoms. The van der Waals surface area contributed by atoms with Gasteiger partial charge >= 0.3 is 0 Å². The number of azide groups is 1. The molecular formula is C14H17N3O2. The summed E-state index contributed by atoms with van der Waals surface area (Å²) in [6.45, 7) is 2.69. The Hall–Kier alpha value is -2.09. The number of terminal acetylenes is 1. The third-order valence-electron chi connectivity index (χ3n) is 2.22. The molecule has 0 unspecified atom stereocenters. The molecule has 0 saturated carbocycles. The maximum Gasteiger partial charge on any atom is 0.0671 e. The van der Waals surface area contributed by atoms with Gasteiger partial charge in [0.15, 0.2) is 0 Å².